The number of nitrogens with one attached hydrogen (secondary N) is 2. The van der Waals surface area contributed by atoms with Gasteiger partial charge in [-0.2, -0.15) is 0 Å². The number of hydrogen-bond donors (Lipinski definition) is 2. The third-order valence-electron chi connectivity index (χ3n) is 6.21. The van der Waals surface area contributed by atoms with E-state index in [9.17, 15) is 9.18 Å². The van der Waals surface area contributed by atoms with Crippen LogP contribution in [-0.2, 0) is 0 Å². The van der Waals surface area contributed by atoms with E-state index in [1.807, 2.05) is 19.2 Å². The smallest absolute Gasteiger partial charge is 0.251 e. The fourth-order valence-electron chi connectivity index (χ4n) is 4.13. The highest BCUT2D eigenvalue weighted by Gasteiger charge is 2.24. The minimum atomic E-state index is -0.465. The molecule has 1 fully saturated rings. The zero-order valence-electron chi connectivity index (χ0n) is 19.0. The van der Waals surface area contributed by atoms with Gasteiger partial charge in [0, 0.05) is 60.5 Å². The summed E-state index contributed by atoms with van der Waals surface area (Å²) in [6.07, 6.45) is 7.37. The molecule has 1 aliphatic carbocycles. The molecule has 0 unspecified atom stereocenters. The van der Waals surface area contributed by atoms with Crippen molar-refractivity contribution >= 4 is 22.6 Å². The molecule has 5 rings (SSSR count). The van der Waals surface area contributed by atoms with Gasteiger partial charge >= 0.3 is 0 Å². The SMILES string of the molecule is CNC(=O)c1ccnc2c([C@H](C)CNc3cc(-c4ccc(C5CC5)nc4)ncn3)ccc(F)c12. The average molecular weight is 457 g/mol. The molecule has 0 aliphatic heterocycles. The number of rotatable bonds is 7. The first-order valence-electron chi connectivity index (χ1n) is 11.4. The Hall–Kier alpha value is -3.94. The molecular weight excluding hydrogens is 431 g/mol. The predicted molar refractivity (Wildman–Crippen MR) is 129 cm³/mol. The van der Waals surface area contributed by atoms with Crippen LogP contribution in [0.3, 0.4) is 0 Å². The number of fused-ring (bicyclic) bond motifs is 1. The zero-order valence-corrected chi connectivity index (χ0v) is 19.0. The van der Waals surface area contributed by atoms with Gasteiger partial charge in [0.2, 0.25) is 0 Å². The number of carbonyl (C=O) groups is 1. The summed E-state index contributed by atoms with van der Waals surface area (Å²) in [7, 11) is 1.52. The summed E-state index contributed by atoms with van der Waals surface area (Å²) < 4.78 is 14.7. The van der Waals surface area contributed by atoms with E-state index >= 15 is 0 Å². The van der Waals surface area contributed by atoms with Crippen molar-refractivity contribution in [3.05, 3.63) is 77.8 Å². The van der Waals surface area contributed by atoms with E-state index in [0.29, 0.717) is 23.8 Å². The van der Waals surface area contributed by atoms with Crippen molar-refractivity contribution in [2.75, 3.05) is 18.9 Å². The standard InChI is InChI=1S/C26H25FN6O/c1-15(18-6-7-20(27)24-19(26(34)28-2)9-10-29-25(18)24)12-31-23-11-22(32-14-33-23)17-5-8-21(30-13-17)16-3-4-16/h5-11,13-16H,3-4,12H2,1-2H3,(H,28,34)(H,31,32,33)/t15-/m1/s1. The Kier molecular flexibility index (Phi) is 5.88. The molecule has 34 heavy (non-hydrogen) atoms. The molecule has 1 amide bonds. The fraction of sp³-hybridized carbons (Fsp3) is 0.269. The molecule has 1 saturated carbocycles. The first kappa shape index (κ1) is 21.9. The lowest BCUT2D eigenvalue weighted by atomic mass is 9.95. The zero-order chi connectivity index (χ0) is 23.7. The van der Waals surface area contributed by atoms with E-state index in [4.69, 9.17) is 0 Å². The summed E-state index contributed by atoms with van der Waals surface area (Å²) in [5, 5.41) is 6.14. The van der Waals surface area contributed by atoms with Gasteiger partial charge in [0.1, 0.15) is 18.0 Å². The van der Waals surface area contributed by atoms with Crippen LogP contribution in [0.4, 0.5) is 10.2 Å². The lowest BCUT2D eigenvalue weighted by molar-refractivity contribution is 0.0964. The summed E-state index contributed by atoms with van der Waals surface area (Å²) >= 11 is 0. The van der Waals surface area contributed by atoms with Crippen LogP contribution < -0.4 is 10.6 Å². The van der Waals surface area contributed by atoms with Gasteiger partial charge < -0.3 is 10.6 Å². The summed E-state index contributed by atoms with van der Waals surface area (Å²) in [6.45, 7) is 2.57. The molecule has 0 radical (unpaired) electrons. The van der Waals surface area contributed by atoms with Crippen molar-refractivity contribution < 1.29 is 9.18 Å². The minimum Gasteiger partial charge on any atom is -0.369 e. The van der Waals surface area contributed by atoms with E-state index in [2.05, 4.69) is 42.7 Å². The molecule has 1 aromatic carbocycles. The van der Waals surface area contributed by atoms with Crippen molar-refractivity contribution in [3.63, 3.8) is 0 Å². The highest BCUT2D eigenvalue weighted by molar-refractivity contribution is 6.06. The second kappa shape index (κ2) is 9.13. The molecule has 7 nitrogen and oxygen atoms in total. The number of benzene rings is 1. The number of nitrogens with zero attached hydrogens (tertiary/aromatic N) is 4. The number of carbonyl (C=O) groups excluding carboxylic acids is 1. The summed E-state index contributed by atoms with van der Waals surface area (Å²) in [5.74, 6) is 0.472. The number of aromatic nitrogens is 4. The third kappa shape index (κ3) is 4.31. The molecule has 0 saturated heterocycles. The Balaban J connectivity index is 1.35. The summed E-state index contributed by atoms with van der Waals surface area (Å²) in [4.78, 5) is 29.9. The molecule has 3 aromatic heterocycles. The van der Waals surface area contributed by atoms with E-state index < -0.39 is 5.82 Å². The Labute approximate surface area is 196 Å². The van der Waals surface area contributed by atoms with Crippen molar-refractivity contribution in [2.45, 2.75) is 31.6 Å². The van der Waals surface area contributed by atoms with Gasteiger partial charge in [-0.15, -0.1) is 0 Å². The van der Waals surface area contributed by atoms with E-state index in [1.165, 1.54) is 44.5 Å². The second-order valence-electron chi connectivity index (χ2n) is 8.61. The largest absolute Gasteiger partial charge is 0.369 e. The molecular formula is C26H25FN6O. The van der Waals surface area contributed by atoms with Crippen molar-refractivity contribution in [3.8, 4) is 11.3 Å². The lowest BCUT2D eigenvalue weighted by Crippen LogP contribution is -2.19. The normalized spacial score (nSPS) is 14.1. The van der Waals surface area contributed by atoms with Gasteiger partial charge in [0.05, 0.1) is 16.8 Å². The van der Waals surface area contributed by atoms with E-state index in [0.717, 1.165) is 22.5 Å². The first-order valence-corrected chi connectivity index (χ1v) is 11.4. The highest BCUT2D eigenvalue weighted by atomic mass is 19.1. The summed E-state index contributed by atoms with van der Waals surface area (Å²) in [5.41, 5.74) is 4.49. The van der Waals surface area contributed by atoms with Crippen LogP contribution in [0.1, 0.15) is 53.2 Å². The molecule has 3 heterocycles. The molecule has 8 heteroatoms. The molecule has 1 aliphatic rings. The Morgan fingerprint density at radius 3 is 2.71 bits per heavy atom. The predicted octanol–water partition coefficient (Wildman–Crippen LogP) is 4.68. The van der Waals surface area contributed by atoms with Crippen LogP contribution in [0.2, 0.25) is 0 Å². The molecule has 172 valence electrons. The van der Waals surface area contributed by atoms with Crippen LogP contribution in [0, 0.1) is 5.82 Å². The van der Waals surface area contributed by atoms with Crippen molar-refractivity contribution in [1.29, 1.82) is 0 Å². The topological polar surface area (TPSA) is 92.7 Å². The number of hydrogen-bond acceptors (Lipinski definition) is 6. The maximum Gasteiger partial charge on any atom is 0.251 e. The van der Waals surface area contributed by atoms with Crippen LogP contribution in [0.5, 0.6) is 0 Å². The number of pyridine rings is 2. The number of anilines is 1. The molecule has 4 aromatic rings. The van der Waals surface area contributed by atoms with Crippen LogP contribution in [-0.4, -0.2) is 39.4 Å². The van der Waals surface area contributed by atoms with Crippen LogP contribution >= 0.6 is 0 Å². The van der Waals surface area contributed by atoms with Gasteiger partial charge in [-0.25, -0.2) is 14.4 Å². The van der Waals surface area contributed by atoms with Gasteiger partial charge in [0.25, 0.3) is 5.91 Å². The first-order chi connectivity index (χ1) is 16.5. The Morgan fingerprint density at radius 1 is 1.12 bits per heavy atom. The Bertz CT molecular complexity index is 1350. The molecule has 2 N–H and O–H groups in total. The van der Waals surface area contributed by atoms with Crippen molar-refractivity contribution in [1.82, 2.24) is 25.3 Å². The molecule has 0 bridgehead atoms. The van der Waals surface area contributed by atoms with Gasteiger partial charge in [-0.05, 0) is 42.7 Å². The summed E-state index contributed by atoms with van der Waals surface area (Å²) in [6, 6.07) is 10.7. The Morgan fingerprint density at radius 2 is 1.97 bits per heavy atom. The fourth-order valence-corrected chi connectivity index (χ4v) is 4.13. The van der Waals surface area contributed by atoms with E-state index in [1.54, 1.807) is 6.07 Å². The minimum absolute atomic E-state index is 0.0200. The lowest BCUT2D eigenvalue weighted by Gasteiger charge is -2.17. The van der Waals surface area contributed by atoms with Gasteiger partial charge in [-0.1, -0.05) is 13.0 Å². The molecule has 1 atom stereocenters. The number of halogens is 1. The third-order valence-corrected chi connectivity index (χ3v) is 6.21. The van der Waals surface area contributed by atoms with Gasteiger partial charge in [0.15, 0.2) is 0 Å². The monoisotopic (exact) mass is 456 g/mol. The maximum atomic E-state index is 14.7. The number of amides is 1. The van der Waals surface area contributed by atoms with E-state index in [-0.39, 0.29) is 22.8 Å². The van der Waals surface area contributed by atoms with Gasteiger partial charge in [-0.3, -0.25) is 14.8 Å². The van der Waals surface area contributed by atoms with Crippen LogP contribution in [0.25, 0.3) is 22.2 Å². The van der Waals surface area contributed by atoms with Crippen LogP contribution in [0.15, 0.2) is 55.1 Å². The molecule has 0 spiro atoms. The second-order valence-corrected chi connectivity index (χ2v) is 8.61. The quantitative estimate of drug-likeness (QED) is 0.420. The van der Waals surface area contributed by atoms with Crippen molar-refractivity contribution in [2.24, 2.45) is 0 Å². The maximum absolute atomic E-state index is 14.7. The highest BCUT2D eigenvalue weighted by Crippen LogP contribution is 2.39. The average Bonchev–Trinajstić information content (AvgIpc) is 3.73.